The number of aliphatic hydroxyl groups is 1. The first-order chi connectivity index (χ1) is 7.70. The minimum atomic E-state index is 0.336. The molecule has 1 fully saturated rings. The Labute approximate surface area is 101 Å². The maximum atomic E-state index is 9.24. The number of nitrogens with one attached hydrogen (secondary N) is 1. The Balaban J connectivity index is 1.87. The summed E-state index contributed by atoms with van der Waals surface area (Å²) in [4.78, 5) is 5.75. The van der Waals surface area contributed by atoms with Gasteiger partial charge in [-0.05, 0) is 38.5 Å². The van der Waals surface area contributed by atoms with Gasteiger partial charge in [-0.25, -0.2) is 4.98 Å². The van der Waals surface area contributed by atoms with Crippen LogP contribution in [-0.4, -0.2) is 23.2 Å². The summed E-state index contributed by atoms with van der Waals surface area (Å²) in [6.07, 6.45) is 3.67. The molecule has 0 aromatic carbocycles. The van der Waals surface area contributed by atoms with E-state index in [2.05, 4.69) is 17.2 Å². The van der Waals surface area contributed by atoms with Crippen LogP contribution in [0.25, 0.3) is 0 Å². The largest absolute Gasteiger partial charge is 0.396 e. The number of thiazole rings is 1. The Kier molecular flexibility index (Phi) is 3.82. The van der Waals surface area contributed by atoms with Crippen molar-refractivity contribution in [1.29, 1.82) is 0 Å². The van der Waals surface area contributed by atoms with Gasteiger partial charge in [0.25, 0.3) is 0 Å². The summed E-state index contributed by atoms with van der Waals surface area (Å²) < 4.78 is 0. The normalized spacial score (nSPS) is 24.9. The monoisotopic (exact) mass is 240 g/mol. The van der Waals surface area contributed by atoms with E-state index in [0.717, 1.165) is 17.4 Å². The van der Waals surface area contributed by atoms with E-state index in [4.69, 9.17) is 0 Å². The zero-order chi connectivity index (χ0) is 11.5. The Morgan fingerprint density at radius 3 is 2.75 bits per heavy atom. The van der Waals surface area contributed by atoms with Gasteiger partial charge in [-0.3, -0.25) is 0 Å². The summed E-state index contributed by atoms with van der Waals surface area (Å²) in [5, 5.41) is 13.7. The lowest BCUT2D eigenvalue weighted by atomic mass is 9.97. The molecule has 1 saturated carbocycles. The standard InChI is InChI=1S/C12H20N2OS/c1-8-9(2)16-12(14-8)13-6-10-4-3-5-11(10)7-15/h10-11,15H,3-7H2,1-2H3,(H,13,14). The van der Waals surface area contributed by atoms with Gasteiger partial charge in [-0.15, -0.1) is 11.3 Å². The molecule has 1 aliphatic carbocycles. The lowest BCUT2D eigenvalue weighted by Gasteiger charge is -2.17. The van der Waals surface area contributed by atoms with Crippen LogP contribution in [0.2, 0.25) is 0 Å². The SMILES string of the molecule is Cc1nc(NCC2CCCC2CO)sc1C. The zero-order valence-corrected chi connectivity index (χ0v) is 10.8. The highest BCUT2D eigenvalue weighted by molar-refractivity contribution is 7.15. The Morgan fingerprint density at radius 1 is 1.38 bits per heavy atom. The summed E-state index contributed by atoms with van der Waals surface area (Å²) in [5.74, 6) is 1.11. The van der Waals surface area contributed by atoms with E-state index in [9.17, 15) is 5.11 Å². The van der Waals surface area contributed by atoms with Crippen LogP contribution >= 0.6 is 11.3 Å². The molecule has 2 atom stereocenters. The van der Waals surface area contributed by atoms with Crippen molar-refractivity contribution in [3.63, 3.8) is 0 Å². The zero-order valence-electron chi connectivity index (χ0n) is 9.99. The van der Waals surface area contributed by atoms with Gasteiger partial charge in [0, 0.05) is 18.0 Å². The molecule has 1 aromatic heterocycles. The van der Waals surface area contributed by atoms with Gasteiger partial charge < -0.3 is 10.4 Å². The molecule has 0 aliphatic heterocycles. The molecule has 4 heteroatoms. The second-order valence-corrected chi connectivity index (χ2v) is 5.88. The van der Waals surface area contributed by atoms with E-state index in [1.165, 1.54) is 24.1 Å². The number of nitrogens with zero attached hydrogens (tertiary/aromatic N) is 1. The van der Waals surface area contributed by atoms with Crippen molar-refractivity contribution in [3.05, 3.63) is 10.6 Å². The summed E-state index contributed by atoms with van der Waals surface area (Å²) in [6, 6.07) is 0. The molecular formula is C12H20N2OS. The summed E-state index contributed by atoms with van der Waals surface area (Å²) in [5.41, 5.74) is 1.12. The Hall–Kier alpha value is -0.610. The van der Waals surface area contributed by atoms with E-state index < -0.39 is 0 Å². The van der Waals surface area contributed by atoms with Gasteiger partial charge in [-0.2, -0.15) is 0 Å². The van der Waals surface area contributed by atoms with Gasteiger partial charge in [0.15, 0.2) is 5.13 Å². The topological polar surface area (TPSA) is 45.2 Å². The lowest BCUT2D eigenvalue weighted by Crippen LogP contribution is -2.20. The Bertz CT molecular complexity index is 331. The van der Waals surface area contributed by atoms with Crippen LogP contribution in [0.1, 0.15) is 29.8 Å². The number of aromatic nitrogens is 1. The van der Waals surface area contributed by atoms with Crippen LogP contribution in [0, 0.1) is 25.7 Å². The maximum Gasteiger partial charge on any atom is 0.183 e. The Morgan fingerprint density at radius 2 is 2.12 bits per heavy atom. The molecule has 0 saturated heterocycles. The number of rotatable bonds is 4. The first-order valence-electron chi connectivity index (χ1n) is 5.99. The molecule has 0 bridgehead atoms. The van der Waals surface area contributed by atoms with E-state index in [0.29, 0.717) is 18.4 Å². The van der Waals surface area contributed by atoms with Crippen LogP contribution in [0.15, 0.2) is 0 Å². The van der Waals surface area contributed by atoms with E-state index >= 15 is 0 Å². The molecule has 2 rings (SSSR count). The fourth-order valence-electron chi connectivity index (χ4n) is 2.39. The number of hydrogen-bond donors (Lipinski definition) is 2. The molecule has 3 nitrogen and oxygen atoms in total. The van der Waals surface area contributed by atoms with Gasteiger partial charge in [0.1, 0.15) is 0 Å². The van der Waals surface area contributed by atoms with Crippen molar-refractivity contribution in [1.82, 2.24) is 4.98 Å². The van der Waals surface area contributed by atoms with Crippen molar-refractivity contribution in [2.45, 2.75) is 33.1 Å². The smallest absolute Gasteiger partial charge is 0.183 e. The third-order valence-electron chi connectivity index (χ3n) is 3.60. The molecule has 0 radical (unpaired) electrons. The predicted molar refractivity (Wildman–Crippen MR) is 68.0 cm³/mol. The summed E-state index contributed by atoms with van der Waals surface area (Å²) in [7, 11) is 0. The summed E-state index contributed by atoms with van der Waals surface area (Å²) >= 11 is 1.72. The first-order valence-corrected chi connectivity index (χ1v) is 6.81. The summed E-state index contributed by atoms with van der Waals surface area (Å²) in [6.45, 7) is 5.44. The molecule has 16 heavy (non-hydrogen) atoms. The minimum Gasteiger partial charge on any atom is -0.396 e. The molecule has 90 valence electrons. The molecule has 0 spiro atoms. The number of aliphatic hydroxyl groups excluding tert-OH is 1. The van der Waals surface area contributed by atoms with Gasteiger partial charge >= 0.3 is 0 Å². The van der Waals surface area contributed by atoms with Crippen LogP contribution < -0.4 is 5.32 Å². The molecular weight excluding hydrogens is 220 g/mol. The maximum absolute atomic E-state index is 9.24. The van der Waals surface area contributed by atoms with Gasteiger partial charge in [0.05, 0.1) is 5.69 Å². The van der Waals surface area contributed by atoms with Crippen LogP contribution in [0.3, 0.4) is 0 Å². The molecule has 1 heterocycles. The van der Waals surface area contributed by atoms with E-state index in [1.54, 1.807) is 11.3 Å². The van der Waals surface area contributed by atoms with Crippen molar-refractivity contribution < 1.29 is 5.11 Å². The van der Waals surface area contributed by atoms with Crippen LogP contribution in [0.5, 0.6) is 0 Å². The third kappa shape index (κ3) is 2.55. The number of aryl methyl sites for hydroxylation is 2. The van der Waals surface area contributed by atoms with Gasteiger partial charge in [-0.1, -0.05) is 6.42 Å². The van der Waals surface area contributed by atoms with Crippen LogP contribution in [-0.2, 0) is 0 Å². The lowest BCUT2D eigenvalue weighted by molar-refractivity contribution is 0.199. The predicted octanol–water partition coefficient (Wildman–Crippen LogP) is 2.58. The van der Waals surface area contributed by atoms with Gasteiger partial charge in [0.2, 0.25) is 0 Å². The minimum absolute atomic E-state index is 0.336. The molecule has 1 aromatic rings. The first kappa shape index (κ1) is 11.9. The molecule has 2 unspecified atom stereocenters. The van der Waals surface area contributed by atoms with E-state index in [1.807, 2.05) is 6.92 Å². The molecule has 0 amide bonds. The highest BCUT2D eigenvalue weighted by atomic mass is 32.1. The second kappa shape index (κ2) is 5.15. The van der Waals surface area contributed by atoms with Crippen LogP contribution in [0.4, 0.5) is 5.13 Å². The average Bonchev–Trinajstić information content (AvgIpc) is 2.83. The van der Waals surface area contributed by atoms with Crippen molar-refractivity contribution in [3.8, 4) is 0 Å². The number of hydrogen-bond acceptors (Lipinski definition) is 4. The average molecular weight is 240 g/mol. The van der Waals surface area contributed by atoms with Crippen molar-refractivity contribution in [2.24, 2.45) is 11.8 Å². The molecule has 1 aliphatic rings. The quantitative estimate of drug-likeness (QED) is 0.850. The van der Waals surface area contributed by atoms with Crippen molar-refractivity contribution >= 4 is 16.5 Å². The van der Waals surface area contributed by atoms with Crippen molar-refractivity contribution in [2.75, 3.05) is 18.5 Å². The second-order valence-electron chi connectivity index (χ2n) is 4.68. The highest BCUT2D eigenvalue weighted by Crippen LogP contribution is 2.32. The highest BCUT2D eigenvalue weighted by Gasteiger charge is 2.26. The fraction of sp³-hybridized carbons (Fsp3) is 0.750. The molecule has 2 N–H and O–H groups in total. The number of anilines is 1. The fourth-order valence-corrected chi connectivity index (χ4v) is 3.21. The third-order valence-corrected chi connectivity index (χ3v) is 4.63. The van der Waals surface area contributed by atoms with E-state index in [-0.39, 0.29) is 0 Å².